The summed E-state index contributed by atoms with van der Waals surface area (Å²) in [4.78, 5) is 12.2. The van der Waals surface area contributed by atoms with Gasteiger partial charge in [0.05, 0.1) is 0 Å². The van der Waals surface area contributed by atoms with Gasteiger partial charge in [-0.25, -0.2) is 0 Å². The van der Waals surface area contributed by atoms with E-state index in [0.29, 0.717) is 11.8 Å². The summed E-state index contributed by atoms with van der Waals surface area (Å²) in [7, 11) is 0. The van der Waals surface area contributed by atoms with Crippen LogP contribution in [0.4, 0.5) is 0 Å². The fraction of sp³-hybridized carbons (Fsp3) is 0.941. The average Bonchev–Trinajstić information content (AvgIpc) is 2.41. The number of nitrogens with two attached hydrogens (primary N) is 1. The first-order valence-corrected chi connectivity index (χ1v) is 8.59. The second kappa shape index (κ2) is 9.38. The van der Waals surface area contributed by atoms with E-state index in [1.165, 1.54) is 32.1 Å². The molecule has 1 fully saturated rings. The van der Waals surface area contributed by atoms with Crippen molar-refractivity contribution in [1.82, 2.24) is 5.32 Å². The fourth-order valence-electron chi connectivity index (χ4n) is 3.30. The van der Waals surface area contributed by atoms with Crippen molar-refractivity contribution in [1.29, 1.82) is 0 Å². The Morgan fingerprint density at radius 3 is 2.40 bits per heavy atom. The van der Waals surface area contributed by atoms with Gasteiger partial charge in [-0.15, -0.1) is 0 Å². The van der Waals surface area contributed by atoms with Crippen LogP contribution >= 0.6 is 0 Å². The maximum absolute atomic E-state index is 12.2. The van der Waals surface area contributed by atoms with Gasteiger partial charge in [-0.1, -0.05) is 52.9 Å². The van der Waals surface area contributed by atoms with Gasteiger partial charge in [0.1, 0.15) is 0 Å². The van der Waals surface area contributed by atoms with Crippen molar-refractivity contribution in [2.24, 2.45) is 23.5 Å². The Bertz CT molecular complexity index is 280. The standard InChI is InChI=1S/C17H34N2O/c1-4-5-6-7-8-9-10-19-17(20)15-12-16(18)14(3)11-13(15)2/h13-16H,4-12,18H2,1-3H3,(H,19,20). The van der Waals surface area contributed by atoms with Crippen molar-refractivity contribution in [3.8, 4) is 0 Å². The molecule has 20 heavy (non-hydrogen) atoms. The van der Waals surface area contributed by atoms with Crippen LogP contribution in [0.25, 0.3) is 0 Å². The van der Waals surface area contributed by atoms with Crippen LogP contribution in [0.15, 0.2) is 0 Å². The van der Waals surface area contributed by atoms with Crippen LogP contribution in [-0.2, 0) is 4.79 Å². The lowest BCUT2D eigenvalue weighted by molar-refractivity contribution is -0.128. The molecule has 1 aliphatic rings. The summed E-state index contributed by atoms with van der Waals surface area (Å²) in [5, 5.41) is 3.11. The Morgan fingerprint density at radius 2 is 1.70 bits per heavy atom. The number of hydrogen-bond acceptors (Lipinski definition) is 2. The van der Waals surface area contributed by atoms with Crippen LogP contribution in [0.2, 0.25) is 0 Å². The third kappa shape index (κ3) is 5.82. The number of rotatable bonds is 8. The van der Waals surface area contributed by atoms with E-state index in [4.69, 9.17) is 5.73 Å². The summed E-state index contributed by atoms with van der Waals surface area (Å²) in [5.41, 5.74) is 6.11. The van der Waals surface area contributed by atoms with Crippen molar-refractivity contribution in [2.45, 2.75) is 78.2 Å². The highest BCUT2D eigenvalue weighted by atomic mass is 16.1. The molecule has 4 unspecified atom stereocenters. The fourth-order valence-corrected chi connectivity index (χ4v) is 3.30. The largest absolute Gasteiger partial charge is 0.356 e. The molecular formula is C17H34N2O. The Balaban J connectivity index is 2.15. The van der Waals surface area contributed by atoms with E-state index in [2.05, 4.69) is 26.1 Å². The first-order valence-electron chi connectivity index (χ1n) is 8.59. The van der Waals surface area contributed by atoms with Crippen LogP contribution in [0, 0.1) is 17.8 Å². The maximum atomic E-state index is 12.2. The first kappa shape index (κ1) is 17.5. The summed E-state index contributed by atoms with van der Waals surface area (Å²) in [6.07, 6.45) is 9.52. The zero-order valence-corrected chi connectivity index (χ0v) is 13.7. The normalized spacial score (nSPS) is 30.2. The molecule has 4 atom stereocenters. The lowest BCUT2D eigenvalue weighted by Crippen LogP contribution is -2.45. The summed E-state index contributed by atoms with van der Waals surface area (Å²) in [6, 6.07) is 0.191. The maximum Gasteiger partial charge on any atom is 0.223 e. The molecule has 0 spiro atoms. The second-order valence-corrected chi connectivity index (χ2v) is 6.76. The lowest BCUT2D eigenvalue weighted by atomic mass is 9.72. The average molecular weight is 282 g/mol. The van der Waals surface area contributed by atoms with Gasteiger partial charge in [-0.3, -0.25) is 4.79 Å². The molecule has 1 rings (SSSR count). The zero-order valence-electron chi connectivity index (χ0n) is 13.7. The molecule has 0 aliphatic heterocycles. The molecule has 3 heteroatoms. The summed E-state index contributed by atoms with van der Waals surface area (Å²) >= 11 is 0. The molecule has 0 radical (unpaired) electrons. The van der Waals surface area contributed by atoms with Crippen molar-refractivity contribution in [2.75, 3.05) is 6.54 Å². The van der Waals surface area contributed by atoms with Crippen LogP contribution in [0.5, 0.6) is 0 Å². The van der Waals surface area contributed by atoms with E-state index in [-0.39, 0.29) is 17.9 Å². The SMILES string of the molecule is CCCCCCCCNC(=O)C1CC(N)C(C)CC1C. The molecule has 3 nitrogen and oxygen atoms in total. The minimum atomic E-state index is 0.126. The molecule has 0 bridgehead atoms. The van der Waals surface area contributed by atoms with Crippen LogP contribution in [-0.4, -0.2) is 18.5 Å². The van der Waals surface area contributed by atoms with E-state index < -0.39 is 0 Å². The Labute approximate surface area is 125 Å². The van der Waals surface area contributed by atoms with E-state index in [9.17, 15) is 4.79 Å². The predicted molar refractivity (Wildman–Crippen MR) is 85.4 cm³/mol. The molecular weight excluding hydrogens is 248 g/mol. The van der Waals surface area contributed by atoms with E-state index in [1.807, 2.05) is 0 Å². The molecule has 1 saturated carbocycles. The van der Waals surface area contributed by atoms with Crippen LogP contribution < -0.4 is 11.1 Å². The van der Waals surface area contributed by atoms with E-state index in [0.717, 1.165) is 25.8 Å². The molecule has 1 aliphatic carbocycles. The van der Waals surface area contributed by atoms with Gasteiger partial charge in [-0.05, 0) is 31.1 Å². The number of unbranched alkanes of at least 4 members (excludes halogenated alkanes) is 5. The highest BCUT2D eigenvalue weighted by Gasteiger charge is 2.34. The highest BCUT2D eigenvalue weighted by Crippen LogP contribution is 2.32. The van der Waals surface area contributed by atoms with Crippen LogP contribution in [0.3, 0.4) is 0 Å². The Hall–Kier alpha value is -0.570. The monoisotopic (exact) mass is 282 g/mol. The second-order valence-electron chi connectivity index (χ2n) is 6.76. The third-order valence-electron chi connectivity index (χ3n) is 4.85. The number of carbonyl (C=O) groups excluding carboxylic acids is 1. The van der Waals surface area contributed by atoms with Crippen molar-refractivity contribution in [3.63, 3.8) is 0 Å². The van der Waals surface area contributed by atoms with Crippen molar-refractivity contribution >= 4 is 5.91 Å². The van der Waals surface area contributed by atoms with E-state index in [1.54, 1.807) is 0 Å². The van der Waals surface area contributed by atoms with E-state index >= 15 is 0 Å². The topological polar surface area (TPSA) is 55.1 Å². The molecule has 0 aromatic rings. The Morgan fingerprint density at radius 1 is 1.05 bits per heavy atom. The molecule has 0 aromatic heterocycles. The van der Waals surface area contributed by atoms with Gasteiger partial charge in [0.25, 0.3) is 0 Å². The summed E-state index contributed by atoms with van der Waals surface area (Å²) in [6.45, 7) is 7.46. The van der Waals surface area contributed by atoms with Gasteiger partial charge < -0.3 is 11.1 Å². The van der Waals surface area contributed by atoms with Gasteiger partial charge in [0.15, 0.2) is 0 Å². The van der Waals surface area contributed by atoms with Gasteiger partial charge >= 0.3 is 0 Å². The summed E-state index contributed by atoms with van der Waals surface area (Å²) in [5.74, 6) is 1.37. The minimum Gasteiger partial charge on any atom is -0.356 e. The zero-order chi connectivity index (χ0) is 15.0. The van der Waals surface area contributed by atoms with Crippen LogP contribution in [0.1, 0.15) is 72.1 Å². The molecule has 118 valence electrons. The smallest absolute Gasteiger partial charge is 0.223 e. The lowest BCUT2D eigenvalue weighted by Gasteiger charge is -2.36. The van der Waals surface area contributed by atoms with Gasteiger partial charge in [0, 0.05) is 18.5 Å². The molecule has 3 N–H and O–H groups in total. The molecule has 0 aromatic carbocycles. The number of hydrogen-bond donors (Lipinski definition) is 2. The Kier molecular flexibility index (Phi) is 8.20. The minimum absolute atomic E-state index is 0.126. The van der Waals surface area contributed by atoms with Crippen molar-refractivity contribution in [3.05, 3.63) is 0 Å². The third-order valence-corrected chi connectivity index (χ3v) is 4.85. The van der Waals surface area contributed by atoms with Gasteiger partial charge in [-0.2, -0.15) is 0 Å². The number of carbonyl (C=O) groups is 1. The first-order chi connectivity index (χ1) is 9.56. The number of nitrogens with one attached hydrogen (secondary N) is 1. The molecule has 0 saturated heterocycles. The molecule has 1 amide bonds. The number of amides is 1. The van der Waals surface area contributed by atoms with Gasteiger partial charge in [0.2, 0.25) is 5.91 Å². The summed E-state index contributed by atoms with van der Waals surface area (Å²) < 4.78 is 0. The van der Waals surface area contributed by atoms with Crippen molar-refractivity contribution < 1.29 is 4.79 Å². The molecule has 0 heterocycles. The predicted octanol–water partition coefficient (Wildman–Crippen LogP) is 3.47. The highest BCUT2D eigenvalue weighted by molar-refractivity contribution is 5.79. The quantitative estimate of drug-likeness (QED) is 0.670.